The van der Waals surface area contributed by atoms with E-state index in [4.69, 9.17) is 5.26 Å². The van der Waals surface area contributed by atoms with Crippen LogP contribution in [0.4, 0.5) is 4.79 Å². The Balaban J connectivity index is 1.49. The molecule has 0 aromatic rings. The predicted molar refractivity (Wildman–Crippen MR) is 86.8 cm³/mol. The van der Waals surface area contributed by atoms with Gasteiger partial charge in [-0.15, -0.1) is 0 Å². The van der Waals surface area contributed by atoms with Gasteiger partial charge in [0.05, 0.1) is 31.5 Å². The van der Waals surface area contributed by atoms with Gasteiger partial charge in [0, 0.05) is 19.1 Å². The second-order valence-electron chi connectivity index (χ2n) is 7.47. The maximum atomic E-state index is 12.6. The number of carbonyl (C=O) groups excluding carboxylic acids is 2. The van der Waals surface area contributed by atoms with E-state index in [0.717, 1.165) is 25.7 Å². The zero-order valence-corrected chi connectivity index (χ0v) is 14.0. The van der Waals surface area contributed by atoms with Crippen molar-refractivity contribution in [3.63, 3.8) is 0 Å². The molecule has 2 N–H and O–H groups in total. The summed E-state index contributed by atoms with van der Waals surface area (Å²) >= 11 is 0. The van der Waals surface area contributed by atoms with Crippen LogP contribution >= 0.6 is 0 Å². The van der Waals surface area contributed by atoms with Crippen molar-refractivity contribution in [2.45, 2.75) is 56.6 Å². The van der Waals surface area contributed by atoms with Crippen molar-refractivity contribution in [2.75, 3.05) is 26.2 Å². The van der Waals surface area contributed by atoms with Gasteiger partial charge in [-0.25, -0.2) is 4.79 Å². The second kappa shape index (κ2) is 6.98. The summed E-state index contributed by atoms with van der Waals surface area (Å²) < 4.78 is 0. The minimum atomic E-state index is -1.04. The van der Waals surface area contributed by atoms with Crippen molar-refractivity contribution >= 4 is 11.9 Å². The van der Waals surface area contributed by atoms with E-state index in [1.165, 1.54) is 12.8 Å². The molecule has 132 valence electrons. The molecule has 7 nitrogen and oxygen atoms in total. The van der Waals surface area contributed by atoms with E-state index in [0.29, 0.717) is 13.1 Å². The predicted octanol–water partition coefficient (Wildman–Crippen LogP) is 0.838. The van der Waals surface area contributed by atoms with E-state index in [2.05, 4.69) is 5.32 Å². The molecular formula is C17H26N4O3. The molecule has 2 saturated heterocycles. The summed E-state index contributed by atoms with van der Waals surface area (Å²) in [5.74, 6) is -0.198. The standard InChI is InChI=1S/C17H26N4O3/c18-8-7-17(24)11-21(12-17)15(22)13-4-3-9-20(10-13)16(23)19-14-5-1-2-6-14/h13-14,24H,1-7,9-12H2,(H,19,23)/t13-/m0/s1. The second-order valence-corrected chi connectivity index (χ2v) is 7.47. The molecule has 0 unspecified atom stereocenters. The highest BCUT2D eigenvalue weighted by Gasteiger charge is 2.45. The summed E-state index contributed by atoms with van der Waals surface area (Å²) in [6.45, 7) is 1.60. The van der Waals surface area contributed by atoms with Crippen LogP contribution in [0.1, 0.15) is 44.9 Å². The van der Waals surface area contributed by atoms with Gasteiger partial charge in [-0.3, -0.25) is 4.79 Å². The van der Waals surface area contributed by atoms with Crippen molar-refractivity contribution in [3.8, 4) is 6.07 Å². The minimum absolute atomic E-state index is 0.00372. The van der Waals surface area contributed by atoms with Gasteiger partial charge in [-0.05, 0) is 25.7 Å². The number of rotatable bonds is 3. The van der Waals surface area contributed by atoms with E-state index in [1.807, 2.05) is 6.07 Å². The van der Waals surface area contributed by atoms with Crippen molar-refractivity contribution in [1.29, 1.82) is 5.26 Å². The lowest BCUT2D eigenvalue weighted by Crippen LogP contribution is -2.65. The number of aliphatic hydroxyl groups is 1. The van der Waals surface area contributed by atoms with Crippen LogP contribution < -0.4 is 5.32 Å². The third-order valence-corrected chi connectivity index (χ3v) is 5.43. The van der Waals surface area contributed by atoms with Crippen molar-refractivity contribution in [1.82, 2.24) is 15.1 Å². The van der Waals surface area contributed by atoms with E-state index in [1.54, 1.807) is 9.80 Å². The first-order valence-corrected chi connectivity index (χ1v) is 8.94. The van der Waals surface area contributed by atoms with Crippen LogP contribution in [-0.2, 0) is 4.79 Å². The fourth-order valence-corrected chi connectivity index (χ4v) is 4.04. The molecule has 0 aromatic carbocycles. The molecule has 0 spiro atoms. The number of likely N-dealkylation sites (tertiary alicyclic amines) is 2. The van der Waals surface area contributed by atoms with Crippen molar-refractivity contribution in [3.05, 3.63) is 0 Å². The number of hydrogen-bond donors (Lipinski definition) is 2. The zero-order chi connectivity index (χ0) is 17.2. The van der Waals surface area contributed by atoms with E-state index in [-0.39, 0.29) is 43.4 Å². The number of nitriles is 1. The molecule has 1 aliphatic carbocycles. The van der Waals surface area contributed by atoms with E-state index < -0.39 is 5.60 Å². The molecule has 0 aromatic heterocycles. The number of nitrogens with zero attached hydrogens (tertiary/aromatic N) is 3. The van der Waals surface area contributed by atoms with Gasteiger partial charge in [0.25, 0.3) is 0 Å². The van der Waals surface area contributed by atoms with Gasteiger partial charge in [0.1, 0.15) is 5.60 Å². The molecule has 1 atom stereocenters. The monoisotopic (exact) mass is 334 g/mol. The lowest BCUT2D eigenvalue weighted by atomic mass is 9.88. The molecule has 1 saturated carbocycles. The van der Waals surface area contributed by atoms with Crippen LogP contribution in [0.3, 0.4) is 0 Å². The van der Waals surface area contributed by atoms with Gasteiger partial charge < -0.3 is 20.2 Å². The van der Waals surface area contributed by atoms with Crippen molar-refractivity contribution < 1.29 is 14.7 Å². The van der Waals surface area contributed by atoms with Crippen LogP contribution in [0.2, 0.25) is 0 Å². The summed E-state index contributed by atoms with van der Waals surface area (Å²) in [7, 11) is 0. The Kier molecular flexibility index (Phi) is 4.95. The first-order chi connectivity index (χ1) is 11.5. The third-order valence-electron chi connectivity index (χ3n) is 5.43. The van der Waals surface area contributed by atoms with Gasteiger partial charge in [-0.2, -0.15) is 5.26 Å². The van der Waals surface area contributed by atoms with Gasteiger partial charge in [0.2, 0.25) is 5.91 Å². The Morgan fingerprint density at radius 2 is 1.88 bits per heavy atom. The Bertz CT molecular complexity index is 532. The number of nitrogens with one attached hydrogen (secondary N) is 1. The maximum Gasteiger partial charge on any atom is 0.317 e. The molecule has 0 radical (unpaired) electrons. The zero-order valence-electron chi connectivity index (χ0n) is 14.0. The molecule has 3 amide bonds. The SMILES string of the molecule is N#CCC1(O)CN(C(=O)[C@H]2CCCN(C(=O)NC3CCCC3)C2)C1. The summed E-state index contributed by atoms with van der Waals surface area (Å²) in [6, 6.07) is 2.19. The van der Waals surface area contributed by atoms with Crippen LogP contribution in [0.15, 0.2) is 0 Å². The molecule has 0 bridgehead atoms. The number of piperidine rings is 1. The minimum Gasteiger partial charge on any atom is -0.385 e. The molecule has 3 aliphatic rings. The normalized spacial score (nSPS) is 26.6. The average Bonchev–Trinajstić information content (AvgIpc) is 3.05. The van der Waals surface area contributed by atoms with Crippen LogP contribution in [0.5, 0.6) is 0 Å². The fraction of sp³-hybridized carbons (Fsp3) is 0.824. The van der Waals surface area contributed by atoms with Gasteiger partial charge in [-0.1, -0.05) is 12.8 Å². The largest absolute Gasteiger partial charge is 0.385 e. The number of carbonyl (C=O) groups is 2. The Morgan fingerprint density at radius 1 is 1.17 bits per heavy atom. The summed E-state index contributed by atoms with van der Waals surface area (Å²) in [5.41, 5.74) is -1.04. The van der Waals surface area contributed by atoms with E-state index >= 15 is 0 Å². The Hall–Kier alpha value is -1.81. The first kappa shape index (κ1) is 17.0. The lowest BCUT2D eigenvalue weighted by molar-refractivity contribution is -0.160. The molecule has 3 rings (SSSR count). The Labute approximate surface area is 142 Å². The number of hydrogen-bond acceptors (Lipinski definition) is 4. The van der Waals surface area contributed by atoms with Crippen LogP contribution in [0.25, 0.3) is 0 Å². The molecule has 3 fully saturated rings. The van der Waals surface area contributed by atoms with Crippen molar-refractivity contribution in [2.24, 2.45) is 5.92 Å². The average molecular weight is 334 g/mol. The topological polar surface area (TPSA) is 96.7 Å². The maximum absolute atomic E-state index is 12.6. The Morgan fingerprint density at radius 3 is 2.54 bits per heavy atom. The quantitative estimate of drug-likeness (QED) is 0.799. The highest BCUT2D eigenvalue weighted by molar-refractivity contribution is 5.82. The highest BCUT2D eigenvalue weighted by atomic mass is 16.3. The molecule has 2 heterocycles. The van der Waals surface area contributed by atoms with Gasteiger partial charge >= 0.3 is 6.03 Å². The molecule has 7 heteroatoms. The third kappa shape index (κ3) is 3.64. The van der Waals surface area contributed by atoms with E-state index in [9.17, 15) is 14.7 Å². The number of β-amino-alcohol motifs (C(OH)–C–C–N with tert-alkyl or cyclic N) is 1. The first-order valence-electron chi connectivity index (χ1n) is 8.94. The summed E-state index contributed by atoms with van der Waals surface area (Å²) in [4.78, 5) is 28.3. The smallest absolute Gasteiger partial charge is 0.317 e. The fourth-order valence-electron chi connectivity index (χ4n) is 4.04. The summed E-state index contributed by atoms with van der Waals surface area (Å²) in [6.07, 6.45) is 6.10. The highest BCUT2D eigenvalue weighted by Crippen LogP contribution is 2.28. The van der Waals surface area contributed by atoms with Crippen LogP contribution in [-0.4, -0.2) is 64.7 Å². The lowest BCUT2D eigenvalue weighted by Gasteiger charge is -2.47. The number of amides is 3. The van der Waals surface area contributed by atoms with Crippen LogP contribution in [0, 0.1) is 17.2 Å². The van der Waals surface area contributed by atoms with Gasteiger partial charge in [0.15, 0.2) is 0 Å². The summed E-state index contributed by atoms with van der Waals surface area (Å²) in [5, 5.41) is 21.8. The molecular weight excluding hydrogens is 308 g/mol. The molecule has 24 heavy (non-hydrogen) atoms. The number of urea groups is 1. The molecule has 2 aliphatic heterocycles.